The topological polar surface area (TPSA) is 99.6 Å². The van der Waals surface area contributed by atoms with Crippen molar-refractivity contribution in [3.63, 3.8) is 0 Å². The van der Waals surface area contributed by atoms with E-state index in [0.717, 1.165) is 45.0 Å². The first-order valence-electron chi connectivity index (χ1n) is 17.3. The van der Waals surface area contributed by atoms with Crippen LogP contribution in [0.2, 0.25) is 0 Å². The summed E-state index contributed by atoms with van der Waals surface area (Å²) in [6.07, 6.45) is 17.0. The Labute approximate surface area is 278 Å². The van der Waals surface area contributed by atoms with Crippen molar-refractivity contribution in [1.82, 2.24) is 29.7 Å². The number of nitrogens with one attached hydrogen (secondary N) is 1. The van der Waals surface area contributed by atoms with Crippen molar-refractivity contribution >= 4 is 17.5 Å². The number of benzene rings is 1. The van der Waals surface area contributed by atoms with Crippen molar-refractivity contribution in [2.24, 2.45) is 11.3 Å². The molecule has 10 nitrogen and oxygen atoms in total. The molecule has 3 fully saturated rings. The van der Waals surface area contributed by atoms with Crippen LogP contribution >= 0.6 is 0 Å². The molecule has 1 spiro atoms. The van der Waals surface area contributed by atoms with E-state index in [9.17, 15) is 9.18 Å². The molecule has 1 amide bonds. The summed E-state index contributed by atoms with van der Waals surface area (Å²) in [4.78, 5) is 37.6. The Morgan fingerprint density at radius 1 is 0.979 bits per heavy atom. The zero-order valence-corrected chi connectivity index (χ0v) is 28.2. The van der Waals surface area contributed by atoms with Gasteiger partial charge in [-0.2, -0.15) is 0 Å². The third-order valence-corrected chi connectivity index (χ3v) is 10.4. The van der Waals surface area contributed by atoms with Crippen molar-refractivity contribution in [3.8, 4) is 11.5 Å². The number of amides is 1. The van der Waals surface area contributed by atoms with Crippen LogP contribution in [0.5, 0.6) is 11.5 Å². The third kappa shape index (κ3) is 7.83. The lowest BCUT2D eigenvalue weighted by atomic mass is 9.67. The van der Waals surface area contributed by atoms with E-state index in [0.29, 0.717) is 34.7 Å². The lowest BCUT2D eigenvalue weighted by molar-refractivity contribution is 0.0584. The molecule has 47 heavy (non-hydrogen) atoms. The molecule has 0 unspecified atom stereocenters. The minimum atomic E-state index is -0.480. The van der Waals surface area contributed by atoms with E-state index < -0.39 is 5.82 Å². The fourth-order valence-electron chi connectivity index (χ4n) is 7.91. The summed E-state index contributed by atoms with van der Waals surface area (Å²) in [6.45, 7) is 13.0. The van der Waals surface area contributed by atoms with E-state index in [-0.39, 0.29) is 23.6 Å². The molecule has 2 aliphatic heterocycles. The third-order valence-electron chi connectivity index (χ3n) is 10.4. The van der Waals surface area contributed by atoms with Gasteiger partial charge in [0, 0.05) is 50.2 Å². The molecule has 1 atom stereocenters. The minimum absolute atomic E-state index is 0.0471. The van der Waals surface area contributed by atoms with Gasteiger partial charge in [-0.15, -0.1) is 0 Å². The average molecular weight is 645 g/mol. The van der Waals surface area contributed by atoms with Crippen LogP contribution in [-0.2, 0) is 0 Å². The minimum Gasteiger partial charge on any atom is -0.451 e. The predicted octanol–water partition coefficient (Wildman–Crippen LogP) is 6.42. The number of ether oxygens (including phenoxy) is 1. The maximum absolute atomic E-state index is 14.4. The second kappa shape index (κ2) is 14.5. The van der Waals surface area contributed by atoms with Crippen LogP contribution in [0.25, 0.3) is 0 Å². The number of halogens is 1. The van der Waals surface area contributed by atoms with Gasteiger partial charge in [-0.05, 0) is 115 Å². The number of aromatic nitrogens is 4. The number of hydrogen-bond donors (Lipinski definition) is 1. The van der Waals surface area contributed by atoms with E-state index in [1.54, 1.807) is 23.5 Å². The van der Waals surface area contributed by atoms with Gasteiger partial charge in [0.25, 0.3) is 5.91 Å². The fraction of sp³-hybridized carbons (Fsp3) is 0.583. The molecule has 4 heterocycles. The standard InChI is InChI=1S/C36H49FN8O2/c1-25(2)45(26(3)4)35(46)30-19-28(37)5-6-31(30)47-32-20-39-24-41-34(32)44-16-9-27(23-44)22-43-17-12-36(13-18-43)10-7-29(8-11-36)42-33-21-38-14-15-40-33/h5-6,14-15,19-21,24-27,29H,7-13,16-18,22-23H2,1-4H3,(H,40,42)/t27-/m0/s1. The summed E-state index contributed by atoms with van der Waals surface area (Å²) in [5.41, 5.74) is 0.674. The Balaban J connectivity index is 1.04. The van der Waals surface area contributed by atoms with Gasteiger partial charge in [-0.25, -0.2) is 19.3 Å². The molecule has 1 N–H and O–H groups in total. The van der Waals surface area contributed by atoms with Crippen molar-refractivity contribution < 1.29 is 13.9 Å². The van der Waals surface area contributed by atoms with Gasteiger partial charge in [0.1, 0.15) is 23.7 Å². The normalized spacial score (nSPS) is 20.2. The summed E-state index contributed by atoms with van der Waals surface area (Å²) >= 11 is 0. The Kier molecular flexibility index (Phi) is 10.2. The molecule has 11 heteroatoms. The highest BCUT2D eigenvalue weighted by atomic mass is 19.1. The molecule has 3 aliphatic rings. The molecule has 0 radical (unpaired) electrons. The first-order valence-corrected chi connectivity index (χ1v) is 17.3. The molecule has 1 saturated carbocycles. The van der Waals surface area contributed by atoms with Crippen molar-refractivity contribution in [1.29, 1.82) is 0 Å². The monoisotopic (exact) mass is 644 g/mol. The van der Waals surface area contributed by atoms with Crippen molar-refractivity contribution in [2.45, 2.75) is 90.8 Å². The number of anilines is 2. The molecule has 2 aromatic heterocycles. The maximum Gasteiger partial charge on any atom is 0.258 e. The lowest BCUT2D eigenvalue weighted by Crippen LogP contribution is -2.45. The highest BCUT2D eigenvalue weighted by molar-refractivity contribution is 5.97. The number of carbonyl (C=O) groups excluding carboxylic acids is 1. The predicted molar refractivity (Wildman–Crippen MR) is 181 cm³/mol. The second-order valence-electron chi connectivity index (χ2n) is 14.3. The van der Waals surface area contributed by atoms with Crippen LogP contribution in [-0.4, -0.2) is 86.5 Å². The highest BCUT2D eigenvalue weighted by Gasteiger charge is 2.39. The van der Waals surface area contributed by atoms with Crippen LogP contribution in [0.15, 0.2) is 49.3 Å². The molecule has 1 aliphatic carbocycles. The largest absolute Gasteiger partial charge is 0.451 e. The molecule has 252 valence electrons. The first-order chi connectivity index (χ1) is 22.7. The van der Waals surface area contributed by atoms with E-state index in [2.05, 4.69) is 35.1 Å². The van der Waals surface area contributed by atoms with E-state index in [4.69, 9.17) is 4.74 Å². The quantitative estimate of drug-likeness (QED) is 0.268. The van der Waals surface area contributed by atoms with Gasteiger partial charge >= 0.3 is 0 Å². The zero-order valence-electron chi connectivity index (χ0n) is 28.2. The van der Waals surface area contributed by atoms with Crippen LogP contribution in [0.3, 0.4) is 0 Å². The number of likely N-dealkylation sites (tertiary alicyclic amines) is 1. The highest BCUT2D eigenvalue weighted by Crippen LogP contribution is 2.45. The molecule has 3 aromatic rings. The molecule has 1 aromatic carbocycles. The summed E-state index contributed by atoms with van der Waals surface area (Å²) in [7, 11) is 0. The Hall–Kier alpha value is -3.86. The van der Waals surface area contributed by atoms with Crippen molar-refractivity contribution in [3.05, 3.63) is 60.7 Å². The van der Waals surface area contributed by atoms with E-state index in [1.807, 2.05) is 33.9 Å². The summed E-state index contributed by atoms with van der Waals surface area (Å²) in [6, 6.07) is 4.50. The number of piperidine rings is 1. The van der Waals surface area contributed by atoms with Crippen molar-refractivity contribution in [2.75, 3.05) is 42.9 Å². The van der Waals surface area contributed by atoms with E-state index >= 15 is 0 Å². The summed E-state index contributed by atoms with van der Waals surface area (Å²) in [5.74, 6) is 2.15. The Morgan fingerprint density at radius 2 is 1.74 bits per heavy atom. The van der Waals surface area contributed by atoms with Gasteiger partial charge in [-0.1, -0.05) is 0 Å². The molecule has 6 rings (SSSR count). The maximum atomic E-state index is 14.4. The van der Waals surface area contributed by atoms with Crippen LogP contribution in [0.1, 0.15) is 83.0 Å². The summed E-state index contributed by atoms with van der Waals surface area (Å²) in [5, 5.41) is 3.58. The molecule has 0 bridgehead atoms. The van der Waals surface area contributed by atoms with Crippen LogP contribution in [0, 0.1) is 17.2 Å². The number of nitrogens with zero attached hydrogens (tertiary/aromatic N) is 7. The molecular formula is C36H49FN8O2. The second-order valence-corrected chi connectivity index (χ2v) is 14.3. The smallest absolute Gasteiger partial charge is 0.258 e. The number of hydrogen-bond acceptors (Lipinski definition) is 9. The fourth-order valence-corrected chi connectivity index (χ4v) is 7.91. The summed E-state index contributed by atoms with van der Waals surface area (Å²) < 4.78 is 20.7. The molecule has 2 saturated heterocycles. The van der Waals surface area contributed by atoms with Gasteiger partial charge in [0.15, 0.2) is 11.6 Å². The average Bonchev–Trinajstić information content (AvgIpc) is 3.53. The zero-order chi connectivity index (χ0) is 33.0. The van der Waals surface area contributed by atoms with Gasteiger partial charge in [-0.3, -0.25) is 9.78 Å². The first kappa shape index (κ1) is 33.1. The van der Waals surface area contributed by atoms with Gasteiger partial charge < -0.3 is 24.8 Å². The number of carbonyl (C=O) groups is 1. The van der Waals surface area contributed by atoms with Gasteiger partial charge in [0.2, 0.25) is 0 Å². The SMILES string of the molecule is CC(C)N(C(=O)c1cc(F)ccc1Oc1cncnc1N1CC[C@@H](CN2CCC3(CCC(Nc4cnccn4)CC3)CC2)C1)C(C)C. The van der Waals surface area contributed by atoms with E-state index in [1.165, 1.54) is 63.1 Å². The number of rotatable bonds is 10. The molecular weight excluding hydrogens is 595 g/mol. The van der Waals surface area contributed by atoms with Crippen LogP contribution in [0.4, 0.5) is 16.0 Å². The van der Waals surface area contributed by atoms with Crippen LogP contribution < -0.4 is 15.0 Å². The van der Waals surface area contributed by atoms with Gasteiger partial charge in [0.05, 0.1) is 18.0 Å². The lowest BCUT2D eigenvalue weighted by Gasteiger charge is -2.46. The Morgan fingerprint density at radius 3 is 2.45 bits per heavy atom. The Bertz CT molecular complexity index is 1480.